The highest BCUT2D eigenvalue weighted by Crippen LogP contribution is 2.16. The Morgan fingerprint density at radius 2 is 2.45 bits per heavy atom. The van der Waals surface area contributed by atoms with E-state index in [0.29, 0.717) is 12.2 Å². The number of amides is 1. The number of aromatic nitrogens is 4. The van der Waals surface area contributed by atoms with Gasteiger partial charge in [0, 0.05) is 23.6 Å². The number of rotatable bonds is 7. The van der Waals surface area contributed by atoms with Crippen molar-refractivity contribution in [1.82, 2.24) is 25.5 Å². The monoisotopic (exact) mass is 295 g/mol. The Morgan fingerprint density at radius 3 is 3.15 bits per heavy atom. The number of aliphatic hydroxyl groups is 1. The number of nitrogens with one attached hydrogen (secondary N) is 1. The lowest BCUT2D eigenvalue weighted by molar-refractivity contribution is -0.122. The van der Waals surface area contributed by atoms with Crippen LogP contribution in [0.4, 0.5) is 0 Å². The molecule has 0 saturated carbocycles. The highest BCUT2D eigenvalue weighted by atomic mass is 32.1. The minimum atomic E-state index is -0.162. The highest BCUT2D eigenvalue weighted by Gasteiger charge is 2.11. The summed E-state index contributed by atoms with van der Waals surface area (Å²) in [6, 6.07) is 1.93. The molecular formula is C12H17N5O2S. The van der Waals surface area contributed by atoms with Crippen LogP contribution in [-0.2, 0) is 11.3 Å². The molecule has 2 rings (SSSR count). The topological polar surface area (TPSA) is 92.9 Å². The van der Waals surface area contributed by atoms with Gasteiger partial charge in [-0.05, 0) is 36.4 Å². The fourth-order valence-electron chi connectivity index (χ4n) is 1.74. The van der Waals surface area contributed by atoms with Crippen LogP contribution in [0, 0.1) is 0 Å². The molecule has 0 aromatic carbocycles. The zero-order chi connectivity index (χ0) is 14.4. The van der Waals surface area contributed by atoms with Crippen molar-refractivity contribution in [1.29, 1.82) is 0 Å². The first-order chi connectivity index (χ1) is 9.69. The zero-order valence-corrected chi connectivity index (χ0v) is 12.0. The Hall–Kier alpha value is -1.80. The Kier molecular flexibility index (Phi) is 5.19. The summed E-state index contributed by atoms with van der Waals surface area (Å²) in [7, 11) is 0. The number of hydrogen-bond donors (Lipinski definition) is 2. The summed E-state index contributed by atoms with van der Waals surface area (Å²) in [4.78, 5) is 13.1. The van der Waals surface area contributed by atoms with Crippen LogP contribution >= 0.6 is 11.3 Å². The van der Waals surface area contributed by atoms with Crippen molar-refractivity contribution in [2.24, 2.45) is 0 Å². The second-order valence-corrected chi connectivity index (χ2v) is 5.27. The summed E-state index contributed by atoms with van der Waals surface area (Å²) in [5.41, 5.74) is 0.901. The molecule has 0 aliphatic carbocycles. The fourth-order valence-corrected chi connectivity index (χ4v) is 2.37. The normalized spacial score (nSPS) is 12.3. The zero-order valence-electron chi connectivity index (χ0n) is 11.2. The molecule has 2 heterocycles. The molecule has 0 aliphatic heterocycles. The van der Waals surface area contributed by atoms with Crippen LogP contribution in [-0.4, -0.2) is 43.9 Å². The predicted octanol–water partition coefficient (Wildman–Crippen LogP) is 0.679. The van der Waals surface area contributed by atoms with Gasteiger partial charge in [0.05, 0.1) is 0 Å². The molecule has 0 bridgehead atoms. The second-order valence-electron chi connectivity index (χ2n) is 4.49. The van der Waals surface area contributed by atoms with Crippen LogP contribution in [0.1, 0.15) is 19.8 Å². The summed E-state index contributed by atoms with van der Waals surface area (Å²) < 4.78 is 0. The first-order valence-electron chi connectivity index (χ1n) is 6.39. The van der Waals surface area contributed by atoms with Crippen LogP contribution in [0.2, 0.25) is 0 Å². The lowest BCUT2D eigenvalue weighted by Gasteiger charge is -2.12. The Morgan fingerprint density at radius 1 is 1.60 bits per heavy atom. The number of carbonyl (C=O) groups is 1. The van der Waals surface area contributed by atoms with Gasteiger partial charge in [0.25, 0.3) is 0 Å². The van der Waals surface area contributed by atoms with Crippen LogP contribution < -0.4 is 5.32 Å². The van der Waals surface area contributed by atoms with Gasteiger partial charge in [0.1, 0.15) is 6.54 Å². The number of carbonyl (C=O) groups excluding carboxylic acids is 1. The SMILES string of the molecule is CC(CCCO)NC(=O)Cn1nnc(-c2ccsc2)n1. The van der Waals surface area contributed by atoms with E-state index < -0.39 is 0 Å². The quantitative estimate of drug-likeness (QED) is 0.783. The molecule has 1 amide bonds. The van der Waals surface area contributed by atoms with Crippen LogP contribution in [0.25, 0.3) is 11.4 Å². The summed E-state index contributed by atoms with van der Waals surface area (Å²) in [5, 5.41) is 27.4. The Balaban J connectivity index is 1.86. The number of hydrogen-bond acceptors (Lipinski definition) is 6. The van der Waals surface area contributed by atoms with Gasteiger partial charge in [-0.3, -0.25) is 4.79 Å². The third kappa shape index (κ3) is 4.10. The van der Waals surface area contributed by atoms with Gasteiger partial charge >= 0.3 is 0 Å². The Labute approximate surface area is 120 Å². The van der Waals surface area contributed by atoms with E-state index in [1.54, 1.807) is 11.3 Å². The lowest BCUT2D eigenvalue weighted by Crippen LogP contribution is -2.35. The number of thiophene rings is 1. The summed E-state index contributed by atoms with van der Waals surface area (Å²) in [5.74, 6) is 0.358. The van der Waals surface area contributed by atoms with E-state index in [2.05, 4.69) is 20.7 Å². The molecule has 2 aromatic heterocycles. The third-order valence-corrected chi connectivity index (χ3v) is 3.40. The van der Waals surface area contributed by atoms with Crippen LogP contribution in [0.5, 0.6) is 0 Å². The maximum atomic E-state index is 11.8. The molecule has 108 valence electrons. The predicted molar refractivity (Wildman–Crippen MR) is 75.1 cm³/mol. The largest absolute Gasteiger partial charge is 0.396 e. The minimum Gasteiger partial charge on any atom is -0.396 e. The van der Waals surface area contributed by atoms with E-state index in [0.717, 1.165) is 12.0 Å². The molecule has 0 fully saturated rings. The molecule has 0 saturated heterocycles. The summed E-state index contributed by atoms with van der Waals surface area (Å²) >= 11 is 1.56. The molecule has 1 unspecified atom stereocenters. The molecule has 0 spiro atoms. The first-order valence-corrected chi connectivity index (χ1v) is 7.34. The average molecular weight is 295 g/mol. The van der Waals surface area contributed by atoms with Gasteiger partial charge in [-0.1, -0.05) is 0 Å². The molecule has 20 heavy (non-hydrogen) atoms. The molecule has 8 heteroatoms. The maximum Gasteiger partial charge on any atom is 0.243 e. The van der Waals surface area contributed by atoms with Crippen molar-refractivity contribution in [3.05, 3.63) is 16.8 Å². The number of tetrazole rings is 1. The number of aliphatic hydroxyl groups excluding tert-OH is 1. The minimum absolute atomic E-state index is 0.0227. The van der Waals surface area contributed by atoms with Gasteiger partial charge in [-0.2, -0.15) is 16.1 Å². The Bertz CT molecular complexity index is 540. The smallest absolute Gasteiger partial charge is 0.243 e. The molecule has 0 aliphatic rings. The van der Waals surface area contributed by atoms with Crippen molar-refractivity contribution < 1.29 is 9.90 Å². The van der Waals surface area contributed by atoms with Crippen molar-refractivity contribution in [3.63, 3.8) is 0 Å². The van der Waals surface area contributed by atoms with E-state index in [1.807, 2.05) is 23.8 Å². The van der Waals surface area contributed by atoms with Crippen molar-refractivity contribution >= 4 is 17.2 Å². The summed E-state index contributed by atoms with van der Waals surface area (Å²) in [6.45, 7) is 2.08. The third-order valence-electron chi connectivity index (χ3n) is 2.72. The standard InChI is InChI=1S/C12H17N5O2S/c1-9(3-2-5-18)13-11(19)7-17-15-12(14-16-17)10-4-6-20-8-10/h4,6,8-9,18H,2-3,5,7H2,1H3,(H,13,19). The molecule has 1 atom stereocenters. The maximum absolute atomic E-state index is 11.8. The van der Waals surface area contributed by atoms with E-state index in [9.17, 15) is 4.79 Å². The average Bonchev–Trinajstić information content (AvgIpc) is 3.06. The molecular weight excluding hydrogens is 278 g/mol. The van der Waals surface area contributed by atoms with Gasteiger partial charge in [-0.25, -0.2) is 0 Å². The van der Waals surface area contributed by atoms with Crippen LogP contribution in [0.15, 0.2) is 16.8 Å². The second kappa shape index (κ2) is 7.11. The molecule has 2 aromatic rings. The van der Waals surface area contributed by atoms with E-state index in [4.69, 9.17) is 5.11 Å². The lowest BCUT2D eigenvalue weighted by atomic mass is 10.2. The molecule has 2 N–H and O–H groups in total. The van der Waals surface area contributed by atoms with Crippen molar-refractivity contribution in [2.45, 2.75) is 32.4 Å². The van der Waals surface area contributed by atoms with Gasteiger partial charge < -0.3 is 10.4 Å². The fraction of sp³-hybridized carbons (Fsp3) is 0.500. The number of nitrogens with zero attached hydrogens (tertiary/aromatic N) is 4. The van der Waals surface area contributed by atoms with Crippen LogP contribution in [0.3, 0.4) is 0 Å². The molecule has 0 radical (unpaired) electrons. The van der Waals surface area contributed by atoms with Gasteiger partial charge in [0.2, 0.25) is 11.7 Å². The van der Waals surface area contributed by atoms with E-state index in [-0.39, 0.29) is 25.1 Å². The van der Waals surface area contributed by atoms with E-state index >= 15 is 0 Å². The summed E-state index contributed by atoms with van der Waals surface area (Å²) in [6.07, 6.45) is 1.42. The first kappa shape index (κ1) is 14.6. The van der Waals surface area contributed by atoms with Gasteiger partial charge in [0.15, 0.2) is 0 Å². The van der Waals surface area contributed by atoms with Crippen molar-refractivity contribution in [2.75, 3.05) is 6.61 Å². The highest BCUT2D eigenvalue weighted by molar-refractivity contribution is 7.08. The molecule has 7 nitrogen and oxygen atoms in total. The van der Waals surface area contributed by atoms with Gasteiger partial charge in [-0.15, -0.1) is 10.2 Å². The van der Waals surface area contributed by atoms with Crippen molar-refractivity contribution in [3.8, 4) is 11.4 Å². The van der Waals surface area contributed by atoms with E-state index in [1.165, 1.54) is 4.80 Å².